The summed E-state index contributed by atoms with van der Waals surface area (Å²) in [6.07, 6.45) is 0. The van der Waals surface area contributed by atoms with Crippen LogP contribution >= 0.6 is 0 Å². The number of rotatable bonds is 7. The van der Waals surface area contributed by atoms with Gasteiger partial charge < -0.3 is 19.9 Å². The molecule has 2 amide bonds. The molecule has 3 aromatic rings. The van der Waals surface area contributed by atoms with E-state index in [0.717, 1.165) is 0 Å². The molecule has 8 nitrogen and oxygen atoms in total. The molecule has 0 atom stereocenters. The van der Waals surface area contributed by atoms with Crippen molar-refractivity contribution in [3.63, 3.8) is 0 Å². The summed E-state index contributed by atoms with van der Waals surface area (Å²) in [4.78, 5) is 27.1. The van der Waals surface area contributed by atoms with Gasteiger partial charge in [0.25, 0.3) is 0 Å². The topological polar surface area (TPSA) is 106 Å². The normalized spacial score (nSPS) is 10.4. The molecular weight excluding hydrogens is 367 g/mol. The van der Waals surface area contributed by atoms with Gasteiger partial charge in [0.05, 0.1) is 0 Å². The number of ether oxygens (including phenoxy) is 1. The van der Waals surface area contributed by atoms with Crippen molar-refractivity contribution in [2.45, 2.75) is 20.1 Å². The molecule has 9 heteroatoms. The number of carbonyl (C=O) groups is 2. The van der Waals surface area contributed by atoms with E-state index in [0.29, 0.717) is 17.0 Å². The Morgan fingerprint density at radius 3 is 2.79 bits per heavy atom. The van der Waals surface area contributed by atoms with E-state index >= 15 is 0 Å². The Balaban J connectivity index is 1.53. The minimum absolute atomic E-state index is 0.0236. The van der Waals surface area contributed by atoms with E-state index in [1.807, 2.05) is 0 Å². The van der Waals surface area contributed by atoms with Gasteiger partial charge in [-0.15, -0.1) is 0 Å². The Hall–Kier alpha value is -3.75. The summed E-state index contributed by atoms with van der Waals surface area (Å²) in [6.45, 7) is 1.51. The van der Waals surface area contributed by atoms with Gasteiger partial charge in [0, 0.05) is 25.2 Å². The Bertz CT molecular complexity index is 989. The van der Waals surface area contributed by atoms with E-state index in [2.05, 4.69) is 20.8 Å². The highest BCUT2D eigenvalue weighted by Gasteiger charge is 2.15. The maximum absolute atomic E-state index is 13.1. The lowest BCUT2D eigenvalue weighted by molar-refractivity contribution is -0.114. The summed E-state index contributed by atoms with van der Waals surface area (Å²) in [7, 11) is 0. The predicted molar refractivity (Wildman–Crippen MR) is 96.9 cm³/mol. The minimum Gasteiger partial charge on any atom is -0.485 e. The van der Waals surface area contributed by atoms with Crippen LogP contribution in [0.2, 0.25) is 0 Å². The smallest absolute Gasteiger partial charge is 0.316 e. The molecule has 144 valence electrons. The molecule has 0 aliphatic heterocycles. The molecule has 0 unspecified atom stereocenters. The van der Waals surface area contributed by atoms with Crippen LogP contribution in [0.15, 0.2) is 53.1 Å². The molecule has 0 saturated heterocycles. The Morgan fingerprint density at radius 1 is 1.18 bits per heavy atom. The first-order chi connectivity index (χ1) is 13.5. The van der Waals surface area contributed by atoms with Crippen LogP contribution in [-0.2, 0) is 17.9 Å². The summed E-state index contributed by atoms with van der Waals surface area (Å²) in [5.41, 5.74) is 1.20. The largest absolute Gasteiger partial charge is 0.485 e. The molecule has 0 aliphatic rings. The summed E-state index contributed by atoms with van der Waals surface area (Å²) < 4.78 is 23.6. The van der Waals surface area contributed by atoms with Crippen molar-refractivity contribution in [2.24, 2.45) is 0 Å². The van der Waals surface area contributed by atoms with Gasteiger partial charge in [-0.3, -0.25) is 9.59 Å². The zero-order chi connectivity index (χ0) is 19.9. The molecule has 1 heterocycles. The van der Waals surface area contributed by atoms with Crippen LogP contribution in [0.3, 0.4) is 0 Å². The molecule has 0 fully saturated rings. The van der Waals surface area contributed by atoms with Gasteiger partial charge in [-0.1, -0.05) is 23.4 Å². The number of anilines is 1. The fourth-order valence-corrected chi connectivity index (χ4v) is 2.32. The molecule has 3 rings (SSSR count). The molecule has 28 heavy (non-hydrogen) atoms. The minimum atomic E-state index is -0.573. The van der Waals surface area contributed by atoms with E-state index in [4.69, 9.17) is 9.26 Å². The number of benzene rings is 2. The first kappa shape index (κ1) is 19.0. The molecule has 0 radical (unpaired) electrons. The number of halogens is 1. The second kappa shape index (κ2) is 8.76. The molecule has 0 spiro atoms. The average Bonchev–Trinajstić information content (AvgIpc) is 3.13. The molecule has 0 bridgehead atoms. The fourth-order valence-electron chi connectivity index (χ4n) is 2.32. The molecule has 0 saturated carbocycles. The number of amides is 2. The zero-order valence-electron chi connectivity index (χ0n) is 14.9. The Labute approximate surface area is 159 Å². The van der Waals surface area contributed by atoms with Gasteiger partial charge in [-0.2, -0.15) is 4.98 Å². The molecular formula is C19H17FN4O4. The number of hydrogen-bond acceptors (Lipinski definition) is 6. The van der Waals surface area contributed by atoms with Gasteiger partial charge in [0.15, 0.2) is 6.61 Å². The third-order valence-electron chi connectivity index (χ3n) is 3.53. The van der Waals surface area contributed by atoms with Crippen molar-refractivity contribution < 1.29 is 23.2 Å². The summed E-state index contributed by atoms with van der Waals surface area (Å²) in [5, 5.41) is 8.91. The van der Waals surface area contributed by atoms with Crippen LogP contribution in [0.5, 0.6) is 5.75 Å². The van der Waals surface area contributed by atoms with Crippen LogP contribution in [-0.4, -0.2) is 22.0 Å². The third kappa shape index (κ3) is 5.37. The highest BCUT2D eigenvalue weighted by molar-refractivity contribution is 5.89. The monoisotopic (exact) mass is 384 g/mol. The molecule has 2 N–H and O–H groups in total. The molecule has 2 aromatic carbocycles. The lowest BCUT2D eigenvalue weighted by Crippen LogP contribution is -2.23. The van der Waals surface area contributed by atoms with Crippen LogP contribution < -0.4 is 15.4 Å². The van der Waals surface area contributed by atoms with Gasteiger partial charge in [0.2, 0.25) is 11.7 Å². The molecule has 1 aromatic heterocycles. The maximum atomic E-state index is 13.1. The van der Waals surface area contributed by atoms with Crippen molar-refractivity contribution in [3.05, 3.63) is 71.6 Å². The Kier molecular flexibility index (Phi) is 5.95. The first-order valence-electron chi connectivity index (χ1n) is 8.35. The van der Waals surface area contributed by atoms with Crippen LogP contribution in [0.4, 0.5) is 10.1 Å². The Morgan fingerprint density at radius 2 is 2.00 bits per heavy atom. The third-order valence-corrected chi connectivity index (χ3v) is 3.53. The summed E-state index contributed by atoms with van der Waals surface area (Å²) in [5.74, 6) is -0.692. The number of nitrogens with zero attached hydrogens (tertiary/aromatic N) is 2. The zero-order valence-corrected chi connectivity index (χ0v) is 14.9. The number of aromatic nitrogens is 2. The van der Waals surface area contributed by atoms with Crippen molar-refractivity contribution in [1.29, 1.82) is 0 Å². The second-order valence-corrected chi connectivity index (χ2v) is 5.83. The number of carbonyl (C=O) groups excluding carboxylic acids is 2. The van der Waals surface area contributed by atoms with Gasteiger partial charge >= 0.3 is 11.8 Å². The second-order valence-electron chi connectivity index (χ2n) is 5.83. The van der Waals surface area contributed by atoms with Crippen molar-refractivity contribution in [1.82, 2.24) is 15.5 Å². The predicted octanol–water partition coefficient (Wildman–Crippen LogP) is 2.68. The van der Waals surface area contributed by atoms with E-state index < -0.39 is 5.91 Å². The quantitative estimate of drug-likeness (QED) is 0.649. The van der Waals surface area contributed by atoms with E-state index in [-0.39, 0.29) is 36.6 Å². The maximum Gasteiger partial charge on any atom is 0.316 e. The van der Waals surface area contributed by atoms with Crippen molar-refractivity contribution in [3.8, 4) is 5.75 Å². The standard InChI is InChI=1S/C19H17FN4O4/c1-12(25)22-15-6-3-7-16(9-15)27-11-17-23-19(28-24-17)18(26)21-10-13-4-2-5-14(20)8-13/h2-9H,10-11H2,1H3,(H,21,26)(H,22,25). The highest BCUT2D eigenvalue weighted by atomic mass is 19.1. The summed E-state index contributed by atoms with van der Waals surface area (Å²) >= 11 is 0. The van der Waals surface area contributed by atoms with Crippen LogP contribution in [0.25, 0.3) is 0 Å². The highest BCUT2D eigenvalue weighted by Crippen LogP contribution is 2.18. The van der Waals surface area contributed by atoms with E-state index in [1.54, 1.807) is 36.4 Å². The summed E-state index contributed by atoms with van der Waals surface area (Å²) in [6, 6.07) is 12.7. The van der Waals surface area contributed by atoms with E-state index in [9.17, 15) is 14.0 Å². The van der Waals surface area contributed by atoms with Crippen molar-refractivity contribution >= 4 is 17.5 Å². The lowest BCUT2D eigenvalue weighted by atomic mass is 10.2. The first-order valence-corrected chi connectivity index (χ1v) is 8.35. The van der Waals surface area contributed by atoms with Gasteiger partial charge in [0.1, 0.15) is 11.6 Å². The van der Waals surface area contributed by atoms with Gasteiger partial charge in [-0.05, 0) is 29.8 Å². The van der Waals surface area contributed by atoms with Crippen molar-refractivity contribution in [2.75, 3.05) is 5.32 Å². The van der Waals surface area contributed by atoms with Crippen LogP contribution in [0, 0.1) is 5.82 Å². The average molecular weight is 384 g/mol. The lowest BCUT2D eigenvalue weighted by Gasteiger charge is -2.06. The number of nitrogens with one attached hydrogen (secondary N) is 2. The van der Waals surface area contributed by atoms with E-state index in [1.165, 1.54) is 19.1 Å². The van der Waals surface area contributed by atoms with Gasteiger partial charge in [-0.25, -0.2) is 4.39 Å². The molecule has 0 aliphatic carbocycles. The van der Waals surface area contributed by atoms with Crippen LogP contribution in [0.1, 0.15) is 29.0 Å². The number of hydrogen-bond donors (Lipinski definition) is 2. The fraction of sp³-hybridized carbons (Fsp3) is 0.158. The SMILES string of the molecule is CC(=O)Nc1cccc(OCc2noc(C(=O)NCc3cccc(F)c3)n2)c1.